The van der Waals surface area contributed by atoms with Crippen LogP contribution in [0.25, 0.3) is 0 Å². The van der Waals surface area contributed by atoms with Crippen LogP contribution in [0.1, 0.15) is 21.6 Å². The number of aromatic nitrogens is 2. The number of nitrogens with zero attached hydrogens (tertiary/aromatic N) is 2. The van der Waals surface area contributed by atoms with Crippen molar-refractivity contribution in [3.8, 4) is 0 Å². The van der Waals surface area contributed by atoms with Gasteiger partial charge in [0.05, 0.1) is 0 Å². The zero-order valence-corrected chi connectivity index (χ0v) is 14.6. The van der Waals surface area contributed by atoms with Gasteiger partial charge in [0.1, 0.15) is 5.69 Å². The number of aryl methyl sites for hydroxylation is 2. The van der Waals surface area contributed by atoms with Crippen LogP contribution in [0, 0.1) is 13.8 Å². The van der Waals surface area contributed by atoms with E-state index in [0.717, 1.165) is 16.8 Å². The Bertz CT molecular complexity index is 889. The van der Waals surface area contributed by atoms with Crippen LogP contribution in [0.2, 0.25) is 5.02 Å². The van der Waals surface area contributed by atoms with Crippen LogP contribution in [0.5, 0.6) is 0 Å². The molecule has 3 rings (SSSR count). The molecule has 0 saturated heterocycles. The summed E-state index contributed by atoms with van der Waals surface area (Å²) in [5.74, 6) is 0.0652. The molecule has 2 N–H and O–H groups in total. The van der Waals surface area contributed by atoms with Crippen LogP contribution in [0.15, 0.2) is 54.7 Å². The van der Waals surface area contributed by atoms with E-state index in [1.807, 2.05) is 32.0 Å². The second-order valence-electron chi connectivity index (χ2n) is 5.62. The zero-order chi connectivity index (χ0) is 17.8. The van der Waals surface area contributed by atoms with E-state index in [9.17, 15) is 4.79 Å². The van der Waals surface area contributed by atoms with E-state index >= 15 is 0 Å². The van der Waals surface area contributed by atoms with E-state index in [2.05, 4.69) is 20.6 Å². The maximum Gasteiger partial charge on any atom is 0.274 e. The largest absolute Gasteiger partial charge is 0.324 e. The molecule has 0 atom stereocenters. The van der Waals surface area contributed by atoms with E-state index in [4.69, 9.17) is 11.6 Å². The third-order valence-corrected chi connectivity index (χ3v) is 3.96. The third kappa shape index (κ3) is 4.14. The highest BCUT2D eigenvalue weighted by atomic mass is 35.5. The Morgan fingerprint density at radius 3 is 2.36 bits per heavy atom. The summed E-state index contributed by atoms with van der Waals surface area (Å²) in [5.41, 5.74) is 4.04. The Morgan fingerprint density at radius 2 is 1.68 bits per heavy atom. The van der Waals surface area contributed by atoms with Crippen molar-refractivity contribution >= 4 is 34.8 Å². The molecule has 1 amide bonds. The highest BCUT2D eigenvalue weighted by Gasteiger charge is 2.11. The average molecular weight is 353 g/mol. The maximum absolute atomic E-state index is 12.4. The number of nitrogens with one attached hydrogen (secondary N) is 2. The average Bonchev–Trinajstić information content (AvgIpc) is 2.60. The number of anilines is 3. The number of benzene rings is 2. The molecule has 1 heterocycles. The van der Waals surface area contributed by atoms with E-state index in [-0.39, 0.29) is 11.6 Å². The number of carbonyl (C=O) groups is 1. The fourth-order valence-electron chi connectivity index (χ4n) is 2.40. The minimum absolute atomic E-state index is 0.277. The second kappa shape index (κ2) is 7.32. The number of rotatable bonds is 4. The van der Waals surface area contributed by atoms with E-state index in [0.29, 0.717) is 16.7 Å². The quantitative estimate of drug-likeness (QED) is 0.711. The van der Waals surface area contributed by atoms with Crippen molar-refractivity contribution in [2.75, 3.05) is 10.6 Å². The van der Waals surface area contributed by atoms with Crippen molar-refractivity contribution in [2.45, 2.75) is 13.8 Å². The maximum atomic E-state index is 12.4. The normalized spacial score (nSPS) is 10.4. The predicted octanol–water partition coefficient (Wildman–Crippen LogP) is 4.74. The Balaban J connectivity index is 1.79. The van der Waals surface area contributed by atoms with Gasteiger partial charge in [-0.15, -0.1) is 0 Å². The molecule has 0 aliphatic heterocycles. The van der Waals surface area contributed by atoms with Gasteiger partial charge in [-0.1, -0.05) is 29.8 Å². The van der Waals surface area contributed by atoms with Crippen molar-refractivity contribution < 1.29 is 4.79 Å². The summed E-state index contributed by atoms with van der Waals surface area (Å²) < 4.78 is 0. The first-order chi connectivity index (χ1) is 12.0. The lowest BCUT2D eigenvalue weighted by atomic mass is 10.1. The van der Waals surface area contributed by atoms with Gasteiger partial charge in [-0.25, -0.2) is 9.97 Å². The SMILES string of the molecule is Cc1cccc(C)c1Nc1nccc(C(=O)Nc2ccc(Cl)cc2)n1. The molecule has 0 bridgehead atoms. The predicted molar refractivity (Wildman–Crippen MR) is 101 cm³/mol. The van der Waals surface area contributed by atoms with Crippen molar-refractivity contribution in [3.05, 3.63) is 76.6 Å². The summed E-state index contributed by atoms with van der Waals surface area (Å²) >= 11 is 5.85. The van der Waals surface area contributed by atoms with Gasteiger partial charge in [0.15, 0.2) is 0 Å². The summed E-state index contributed by atoms with van der Waals surface area (Å²) in [6, 6.07) is 14.5. The molecule has 25 heavy (non-hydrogen) atoms. The van der Waals surface area contributed by atoms with Crippen LogP contribution in [0.4, 0.5) is 17.3 Å². The van der Waals surface area contributed by atoms with Crippen LogP contribution in [-0.4, -0.2) is 15.9 Å². The van der Waals surface area contributed by atoms with Crippen molar-refractivity contribution in [3.63, 3.8) is 0 Å². The fourth-order valence-corrected chi connectivity index (χ4v) is 2.52. The molecule has 0 aliphatic rings. The van der Waals surface area contributed by atoms with Gasteiger partial charge in [0.25, 0.3) is 5.91 Å². The number of hydrogen-bond acceptors (Lipinski definition) is 4. The van der Waals surface area contributed by atoms with Crippen molar-refractivity contribution in [1.82, 2.24) is 9.97 Å². The first kappa shape index (κ1) is 16.9. The Kier molecular flexibility index (Phi) is 4.95. The van der Waals surface area contributed by atoms with Gasteiger partial charge in [-0.05, 0) is 55.3 Å². The molecule has 0 saturated carbocycles. The van der Waals surface area contributed by atoms with Crippen LogP contribution in [-0.2, 0) is 0 Å². The summed E-state index contributed by atoms with van der Waals surface area (Å²) in [7, 11) is 0. The molecule has 0 fully saturated rings. The molecule has 0 aliphatic carbocycles. The lowest BCUT2D eigenvalue weighted by Gasteiger charge is -2.12. The second-order valence-corrected chi connectivity index (χ2v) is 6.05. The summed E-state index contributed by atoms with van der Waals surface area (Å²) in [6.45, 7) is 4.01. The summed E-state index contributed by atoms with van der Waals surface area (Å²) in [6.07, 6.45) is 1.56. The Labute approximate surface area is 151 Å². The molecule has 5 nitrogen and oxygen atoms in total. The van der Waals surface area contributed by atoms with Gasteiger partial charge in [0, 0.05) is 22.6 Å². The number of amides is 1. The summed E-state index contributed by atoms with van der Waals surface area (Å²) in [5, 5.41) is 6.58. The smallest absolute Gasteiger partial charge is 0.274 e. The number of hydrogen-bond donors (Lipinski definition) is 2. The Morgan fingerprint density at radius 1 is 1.00 bits per heavy atom. The lowest BCUT2D eigenvalue weighted by Crippen LogP contribution is -2.14. The van der Waals surface area contributed by atoms with E-state index < -0.39 is 0 Å². The third-order valence-electron chi connectivity index (χ3n) is 3.71. The van der Waals surface area contributed by atoms with Crippen LogP contribution < -0.4 is 10.6 Å². The van der Waals surface area contributed by atoms with Gasteiger partial charge in [-0.2, -0.15) is 0 Å². The number of halogens is 1. The minimum atomic E-state index is -0.311. The van der Waals surface area contributed by atoms with E-state index in [1.165, 1.54) is 0 Å². The molecule has 1 aromatic heterocycles. The highest BCUT2D eigenvalue weighted by molar-refractivity contribution is 6.30. The first-order valence-electron chi connectivity index (χ1n) is 7.76. The monoisotopic (exact) mass is 352 g/mol. The molecule has 3 aromatic rings. The Hall–Kier alpha value is -2.92. The van der Waals surface area contributed by atoms with Gasteiger partial charge in [0.2, 0.25) is 5.95 Å². The van der Waals surface area contributed by atoms with Crippen molar-refractivity contribution in [1.29, 1.82) is 0 Å². The highest BCUT2D eigenvalue weighted by Crippen LogP contribution is 2.22. The molecular formula is C19H17ClN4O. The number of para-hydroxylation sites is 1. The fraction of sp³-hybridized carbons (Fsp3) is 0.105. The topological polar surface area (TPSA) is 66.9 Å². The molecule has 2 aromatic carbocycles. The van der Waals surface area contributed by atoms with E-state index in [1.54, 1.807) is 36.5 Å². The van der Waals surface area contributed by atoms with Gasteiger partial charge < -0.3 is 10.6 Å². The molecule has 0 unspecified atom stereocenters. The van der Waals surface area contributed by atoms with Crippen LogP contribution >= 0.6 is 11.6 Å². The van der Waals surface area contributed by atoms with Gasteiger partial charge >= 0.3 is 0 Å². The minimum Gasteiger partial charge on any atom is -0.324 e. The van der Waals surface area contributed by atoms with Crippen LogP contribution in [0.3, 0.4) is 0 Å². The molecule has 0 spiro atoms. The molecule has 0 radical (unpaired) electrons. The van der Waals surface area contributed by atoms with Crippen molar-refractivity contribution in [2.24, 2.45) is 0 Å². The molecule has 126 valence electrons. The summed E-state index contributed by atoms with van der Waals surface area (Å²) in [4.78, 5) is 20.9. The lowest BCUT2D eigenvalue weighted by molar-refractivity contribution is 0.102. The molecular weight excluding hydrogens is 336 g/mol. The standard InChI is InChI=1S/C19H17ClN4O/c1-12-4-3-5-13(2)17(12)24-19-21-11-10-16(23-19)18(25)22-15-8-6-14(20)7-9-15/h3-11H,1-2H3,(H,22,25)(H,21,23,24). The zero-order valence-electron chi connectivity index (χ0n) is 13.9. The van der Waals surface area contributed by atoms with Gasteiger partial charge in [-0.3, -0.25) is 4.79 Å². The number of carbonyl (C=O) groups excluding carboxylic acids is 1. The first-order valence-corrected chi connectivity index (χ1v) is 8.14. The molecule has 6 heteroatoms.